The van der Waals surface area contributed by atoms with Crippen molar-refractivity contribution in [3.63, 3.8) is 0 Å². The lowest BCUT2D eigenvalue weighted by molar-refractivity contribution is 0.649. The first-order valence-corrected chi connectivity index (χ1v) is 6.96. The van der Waals surface area contributed by atoms with E-state index in [1.54, 1.807) is 22.0 Å². The zero-order chi connectivity index (χ0) is 13.1. The Hall–Kier alpha value is -1.46. The number of thiophene rings is 1. The van der Waals surface area contributed by atoms with Crippen molar-refractivity contribution in [1.29, 1.82) is 0 Å². The van der Waals surface area contributed by atoms with E-state index in [1.165, 1.54) is 5.56 Å². The first-order chi connectivity index (χ1) is 8.59. The molecule has 0 aliphatic carbocycles. The van der Waals surface area contributed by atoms with E-state index >= 15 is 0 Å². The highest BCUT2D eigenvalue weighted by Gasteiger charge is 2.08. The Bertz CT molecular complexity index is 614. The molecule has 0 aromatic carbocycles. The number of pyridine rings is 1. The molecule has 2 aromatic heterocycles. The quantitative estimate of drug-likeness (QED) is 0.871. The van der Waals surface area contributed by atoms with Crippen LogP contribution in [-0.2, 0) is 13.0 Å². The van der Waals surface area contributed by atoms with Crippen LogP contribution >= 0.6 is 23.6 Å². The molecular formula is C13H14N2OS2. The van der Waals surface area contributed by atoms with Gasteiger partial charge in [-0.05, 0) is 47.9 Å². The van der Waals surface area contributed by atoms with Crippen LogP contribution in [-0.4, -0.2) is 9.56 Å². The van der Waals surface area contributed by atoms with Crippen molar-refractivity contribution in [3.05, 3.63) is 56.1 Å². The molecular weight excluding hydrogens is 264 g/mol. The van der Waals surface area contributed by atoms with Crippen LogP contribution in [0.3, 0.4) is 0 Å². The fourth-order valence-corrected chi connectivity index (χ4v) is 2.67. The van der Waals surface area contributed by atoms with Gasteiger partial charge < -0.3 is 10.3 Å². The number of hydrogen-bond acceptors (Lipinski definition) is 3. The molecule has 0 fully saturated rings. The Labute approximate surface area is 115 Å². The molecule has 0 atom stereocenters. The van der Waals surface area contributed by atoms with Crippen LogP contribution in [0, 0.1) is 6.92 Å². The smallest absolute Gasteiger partial charge is 0.260 e. The van der Waals surface area contributed by atoms with Crippen LogP contribution in [0.1, 0.15) is 16.8 Å². The largest absolute Gasteiger partial charge is 0.389 e. The summed E-state index contributed by atoms with van der Waals surface area (Å²) in [4.78, 5) is 12.3. The van der Waals surface area contributed by atoms with E-state index in [2.05, 4.69) is 11.4 Å². The molecule has 2 heterocycles. The molecule has 0 bridgehead atoms. The summed E-state index contributed by atoms with van der Waals surface area (Å²) in [5.41, 5.74) is 8.03. The molecule has 18 heavy (non-hydrogen) atoms. The van der Waals surface area contributed by atoms with Gasteiger partial charge in [0.2, 0.25) is 0 Å². The topological polar surface area (TPSA) is 48.0 Å². The minimum Gasteiger partial charge on any atom is -0.389 e. The molecule has 0 aliphatic heterocycles. The van der Waals surface area contributed by atoms with Gasteiger partial charge in [-0.25, -0.2) is 0 Å². The lowest BCUT2D eigenvalue weighted by Crippen LogP contribution is -2.30. The Morgan fingerprint density at radius 2 is 2.22 bits per heavy atom. The molecule has 0 saturated carbocycles. The van der Waals surface area contributed by atoms with Gasteiger partial charge in [-0.1, -0.05) is 12.2 Å². The van der Waals surface area contributed by atoms with E-state index in [4.69, 9.17) is 18.0 Å². The SMILES string of the molecule is Cc1ccc(C(N)=S)c(=O)n1CCc1ccsc1. The number of nitrogens with zero attached hydrogens (tertiary/aromatic N) is 1. The molecule has 0 saturated heterocycles. The van der Waals surface area contributed by atoms with Crippen molar-refractivity contribution >= 4 is 28.5 Å². The maximum absolute atomic E-state index is 12.2. The summed E-state index contributed by atoms with van der Waals surface area (Å²) in [6, 6.07) is 5.65. The summed E-state index contributed by atoms with van der Waals surface area (Å²) in [6.45, 7) is 2.57. The molecule has 0 unspecified atom stereocenters. The standard InChI is InChI=1S/C13H14N2OS2/c1-9-2-3-11(12(14)17)13(16)15(9)6-4-10-5-7-18-8-10/h2-3,5,7-8H,4,6H2,1H3,(H2,14,17). The van der Waals surface area contributed by atoms with Gasteiger partial charge in [-0.3, -0.25) is 4.79 Å². The molecule has 2 aromatic rings. The molecule has 3 nitrogen and oxygen atoms in total. The maximum Gasteiger partial charge on any atom is 0.260 e. The van der Waals surface area contributed by atoms with Crippen molar-refractivity contribution in [1.82, 2.24) is 4.57 Å². The van der Waals surface area contributed by atoms with Crippen LogP contribution in [0.5, 0.6) is 0 Å². The molecule has 0 spiro atoms. The minimum atomic E-state index is -0.0993. The van der Waals surface area contributed by atoms with Crippen LogP contribution in [0.2, 0.25) is 0 Å². The predicted molar refractivity (Wildman–Crippen MR) is 79.3 cm³/mol. The summed E-state index contributed by atoms with van der Waals surface area (Å²) in [6.07, 6.45) is 0.838. The molecule has 5 heteroatoms. The normalized spacial score (nSPS) is 10.5. The Kier molecular flexibility index (Phi) is 3.93. The van der Waals surface area contributed by atoms with Crippen molar-refractivity contribution in [2.24, 2.45) is 5.73 Å². The van der Waals surface area contributed by atoms with Gasteiger partial charge in [0.15, 0.2) is 0 Å². The third kappa shape index (κ3) is 2.68. The molecule has 0 aliphatic rings. The zero-order valence-corrected chi connectivity index (χ0v) is 11.7. The van der Waals surface area contributed by atoms with Crippen LogP contribution in [0.4, 0.5) is 0 Å². The number of thiocarbonyl (C=S) groups is 1. The van der Waals surface area contributed by atoms with E-state index in [-0.39, 0.29) is 10.5 Å². The highest BCUT2D eigenvalue weighted by Crippen LogP contribution is 2.08. The predicted octanol–water partition coefficient (Wildman–Crippen LogP) is 2.10. The second kappa shape index (κ2) is 5.46. The van der Waals surface area contributed by atoms with Gasteiger partial charge in [0.05, 0.1) is 5.56 Å². The zero-order valence-electron chi connectivity index (χ0n) is 10.1. The fourth-order valence-electron chi connectivity index (χ4n) is 1.81. The fraction of sp³-hybridized carbons (Fsp3) is 0.231. The number of nitrogens with two attached hydrogens (primary N) is 1. The third-order valence-corrected chi connectivity index (χ3v) is 3.81. The second-order valence-corrected chi connectivity index (χ2v) is 5.31. The highest BCUT2D eigenvalue weighted by atomic mass is 32.1. The number of rotatable bonds is 4. The number of aryl methyl sites for hydroxylation is 2. The van der Waals surface area contributed by atoms with E-state index < -0.39 is 0 Å². The van der Waals surface area contributed by atoms with E-state index in [9.17, 15) is 4.79 Å². The monoisotopic (exact) mass is 278 g/mol. The Morgan fingerprint density at radius 3 is 2.83 bits per heavy atom. The minimum absolute atomic E-state index is 0.0993. The van der Waals surface area contributed by atoms with E-state index in [1.807, 2.05) is 18.4 Å². The molecule has 0 radical (unpaired) electrons. The Balaban J connectivity index is 2.29. The van der Waals surface area contributed by atoms with Gasteiger partial charge in [0.25, 0.3) is 5.56 Å². The van der Waals surface area contributed by atoms with Gasteiger partial charge in [-0.2, -0.15) is 11.3 Å². The van der Waals surface area contributed by atoms with Crippen molar-refractivity contribution in [3.8, 4) is 0 Å². The molecule has 2 rings (SSSR count). The van der Waals surface area contributed by atoms with Gasteiger partial charge in [-0.15, -0.1) is 0 Å². The summed E-state index contributed by atoms with van der Waals surface area (Å²) in [5.74, 6) is 0. The van der Waals surface area contributed by atoms with Crippen molar-refractivity contribution in [2.75, 3.05) is 0 Å². The van der Waals surface area contributed by atoms with Gasteiger partial charge >= 0.3 is 0 Å². The van der Waals surface area contributed by atoms with Crippen LogP contribution in [0.25, 0.3) is 0 Å². The summed E-state index contributed by atoms with van der Waals surface area (Å²) >= 11 is 6.55. The molecule has 0 amide bonds. The third-order valence-electron chi connectivity index (χ3n) is 2.86. The lowest BCUT2D eigenvalue weighted by atomic mass is 10.2. The van der Waals surface area contributed by atoms with E-state index in [0.717, 1.165) is 12.1 Å². The van der Waals surface area contributed by atoms with Crippen LogP contribution in [0.15, 0.2) is 33.8 Å². The lowest BCUT2D eigenvalue weighted by Gasteiger charge is -2.11. The summed E-state index contributed by atoms with van der Waals surface area (Å²) in [5, 5.41) is 4.13. The number of hydrogen-bond donors (Lipinski definition) is 1. The maximum atomic E-state index is 12.2. The number of aromatic nitrogens is 1. The second-order valence-electron chi connectivity index (χ2n) is 4.09. The van der Waals surface area contributed by atoms with Gasteiger partial charge in [0, 0.05) is 12.2 Å². The van der Waals surface area contributed by atoms with Crippen molar-refractivity contribution < 1.29 is 0 Å². The molecule has 2 N–H and O–H groups in total. The van der Waals surface area contributed by atoms with E-state index in [0.29, 0.717) is 12.1 Å². The van der Waals surface area contributed by atoms with Crippen LogP contribution < -0.4 is 11.3 Å². The average Bonchev–Trinajstić information content (AvgIpc) is 2.81. The first-order valence-electron chi connectivity index (χ1n) is 5.61. The summed E-state index contributed by atoms with van der Waals surface area (Å²) < 4.78 is 1.73. The average molecular weight is 278 g/mol. The van der Waals surface area contributed by atoms with Gasteiger partial charge in [0.1, 0.15) is 4.99 Å². The first kappa shape index (κ1) is 13.0. The van der Waals surface area contributed by atoms with Crippen molar-refractivity contribution in [2.45, 2.75) is 19.9 Å². The Morgan fingerprint density at radius 1 is 1.44 bits per heavy atom. The highest BCUT2D eigenvalue weighted by molar-refractivity contribution is 7.80. The molecule has 94 valence electrons. The summed E-state index contributed by atoms with van der Waals surface area (Å²) in [7, 11) is 0.